The zero-order valence-corrected chi connectivity index (χ0v) is 13.4. The maximum Gasteiger partial charge on any atom is 0.246 e. The highest BCUT2D eigenvalue weighted by atomic mass is 35.5. The van der Waals surface area contributed by atoms with Gasteiger partial charge in [-0.15, -0.1) is 11.6 Å². The van der Waals surface area contributed by atoms with Crippen molar-refractivity contribution in [1.82, 2.24) is 0 Å². The summed E-state index contributed by atoms with van der Waals surface area (Å²) in [6.45, 7) is 1.66. The fraction of sp³-hybridized carbons (Fsp3) is 0.143. The van der Waals surface area contributed by atoms with E-state index in [1.54, 1.807) is 13.0 Å². The average molecular weight is 365 g/mol. The van der Waals surface area contributed by atoms with Crippen LogP contribution in [0.1, 0.15) is 5.56 Å². The van der Waals surface area contributed by atoms with Crippen molar-refractivity contribution in [2.75, 3.05) is 15.3 Å². The third-order valence-electron chi connectivity index (χ3n) is 2.89. The van der Waals surface area contributed by atoms with Gasteiger partial charge < -0.3 is 5.32 Å². The minimum Gasteiger partial charge on any atom is -0.349 e. The van der Waals surface area contributed by atoms with Gasteiger partial charge in [0.05, 0.1) is 11.4 Å². The minimum atomic E-state index is -3.94. The van der Waals surface area contributed by atoms with Crippen LogP contribution in [0.25, 0.3) is 0 Å². The zero-order chi connectivity index (χ0) is 17.2. The van der Waals surface area contributed by atoms with Crippen LogP contribution in [0.4, 0.5) is 30.2 Å². The largest absolute Gasteiger partial charge is 0.349 e. The number of halogens is 4. The van der Waals surface area contributed by atoms with Crippen LogP contribution in [0.5, 0.6) is 0 Å². The highest BCUT2D eigenvalue weighted by molar-refractivity contribution is 7.93. The summed E-state index contributed by atoms with van der Waals surface area (Å²) in [6, 6.07) is 5.84. The lowest BCUT2D eigenvalue weighted by Crippen LogP contribution is -2.15. The van der Waals surface area contributed by atoms with E-state index in [1.165, 1.54) is 12.1 Å². The Morgan fingerprint density at radius 3 is 2.30 bits per heavy atom. The molecule has 0 saturated carbocycles. The Kier molecular flexibility index (Phi) is 5.06. The Morgan fingerprint density at radius 1 is 1.04 bits per heavy atom. The maximum absolute atomic E-state index is 14.0. The molecule has 0 amide bonds. The average Bonchev–Trinajstić information content (AvgIpc) is 2.48. The molecule has 2 N–H and O–H groups in total. The summed E-state index contributed by atoms with van der Waals surface area (Å²) in [7, 11) is -3.94. The quantitative estimate of drug-likeness (QED) is 0.785. The van der Waals surface area contributed by atoms with Gasteiger partial charge in [-0.1, -0.05) is 6.07 Å². The van der Waals surface area contributed by atoms with E-state index in [1.807, 2.05) is 4.72 Å². The number of hydrogen-bond donors (Lipinski definition) is 2. The van der Waals surface area contributed by atoms with E-state index < -0.39 is 38.4 Å². The first-order chi connectivity index (χ1) is 10.7. The number of alkyl halides is 1. The summed E-state index contributed by atoms with van der Waals surface area (Å²) in [5.41, 5.74) is -0.326. The molecule has 124 valence electrons. The fourth-order valence-corrected chi connectivity index (χ4v) is 2.53. The molecule has 4 nitrogen and oxygen atoms in total. The van der Waals surface area contributed by atoms with Crippen molar-refractivity contribution in [3.8, 4) is 0 Å². The molecule has 0 spiro atoms. The van der Waals surface area contributed by atoms with E-state index in [9.17, 15) is 21.6 Å². The highest BCUT2D eigenvalue weighted by Crippen LogP contribution is 2.32. The van der Waals surface area contributed by atoms with Gasteiger partial charge in [-0.05, 0) is 36.8 Å². The van der Waals surface area contributed by atoms with Gasteiger partial charge >= 0.3 is 0 Å². The summed E-state index contributed by atoms with van der Waals surface area (Å²) in [4.78, 5) is 0. The van der Waals surface area contributed by atoms with E-state index in [0.29, 0.717) is 5.56 Å². The summed E-state index contributed by atoms with van der Waals surface area (Å²) in [5.74, 6) is -3.26. The monoisotopic (exact) mass is 364 g/mol. The van der Waals surface area contributed by atoms with Crippen LogP contribution in [-0.2, 0) is 10.0 Å². The van der Waals surface area contributed by atoms with Crippen molar-refractivity contribution in [3.63, 3.8) is 0 Å². The van der Waals surface area contributed by atoms with Crippen molar-refractivity contribution in [2.45, 2.75) is 6.92 Å². The molecule has 0 aliphatic heterocycles. The Bertz CT molecular complexity index is 844. The standard InChI is InChI=1S/C14H12ClF3N2O2S/c1-8-2-4-11(10(17)6-8)19-14-12(20-23(21,22)7-15)5-3-9(16)13(14)18/h2-6,19-20H,7H2,1H3. The smallest absolute Gasteiger partial charge is 0.246 e. The zero-order valence-electron chi connectivity index (χ0n) is 11.8. The van der Waals surface area contributed by atoms with E-state index in [4.69, 9.17) is 11.6 Å². The van der Waals surface area contributed by atoms with Gasteiger partial charge in [0.25, 0.3) is 0 Å². The molecule has 0 aliphatic rings. The third kappa shape index (κ3) is 4.08. The Morgan fingerprint density at radius 2 is 1.70 bits per heavy atom. The molecular formula is C14H12ClF3N2O2S. The summed E-state index contributed by atoms with van der Waals surface area (Å²) >= 11 is 5.27. The maximum atomic E-state index is 14.0. The molecule has 0 fully saturated rings. The number of sulfonamides is 1. The second-order valence-electron chi connectivity index (χ2n) is 4.72. The van der Waals surface area contributed by atoms with Gasteiger partial charge in [-0.2, -0.15) is 0 Å². The molecule has 0 bridgehead atoms. The molecule has 0 radical (unpaired) electrons. The van der Waals surface area contributed by atoms with Gasteiger partial charge in [0.2, 0.25) is 10.0 Å². The molecule has 2 aromatic rings. The van der Waals surface area contributed by atoms with Crippen molar-refractivity contribution >= 4 is 38.7 Å². The predicted molar refractivity (Wildman–Crippen MR) is 84.0 cm³/mol. The summed E-state index contributed by atoms with van der Waals surface area (Å²) in [5, 5.41) is 1.59. The van der Waals surface area contributed by atoms with Crippen molar-refractivity contribution in [2.24, 2.45) is 0 Å². The summed E-state index contributed by atoms with van der Waals surface area (Å²) < 4.78 is 66.3. The molecular weight excluding hydrogens is 353 g/mol. The second kappa shape index (κ2) is 6.67. The molecule has 0 unspecified atom stereocenters. The predicted octanol–water partition coefficient (Wildman–Crippen LogP) is 4.09. The SMILES string of the molecule is Cc1ccc(Nc2c(NS(=O)(=O)CCl)ccc(F)c2F)c(F)c1. The number of aryl methyl sites for hydroxylation is 1. The molecule has 2 aromatic carbocycles. The minimum absolute atomic E-state index is 0.133. The van der Waals surface area contributed by atoms with Gasteiger partial charge in [0.15, 0.2) is 11.6 Å². The van der Waals surface area contributed by atoms with Crippen LogP contribution in [0.15, 0.2) is 30.3 Å². The normalized spacial score (nSPS) is 11.3. The van der Waals surface area contributed by atoms with E-state index in [-0.39, 0.29) is 11.4 Å². The number of hydrogen-bond acceptors (Lipinski definition) is 3. The molecule has 0 heterocycles. The molecule has 0 aromatic heterocycles. The van der Waals surface area contributed by atoms with Gasteiger partial charge in [0.1, 0.15) is 16.7 Å². The lowest BCUT2D eigenvalue weighted by atomic mass is 10.2. The van der Waals surface area contributed by atoms with E-state index in [2.05, 4.69) is 5.32 Å². The first kappa shape index (κ1) is 17.4. The van der Waals surface area contributed by atoms with Crippen LogP contribution in [-0.4, -0.2) is 13.6 Å². The number of nitrogens with one attached hydrogen (secondary N) is 2. The van der Waals surface area contributed by atoms with E-state index in [0.717, 1.165) is 12.1 Å². The first-order valence-corrected chi connectivity index (χ1v) is 8.50. The van der Waals surface area contributed by atoms with Crippen LogP contribution in [0.2, 0.25) is 0 Å². The first-order valence-electron chi connectivity index (χ1n) is 6.31. The van der Waals surface area contributed by atoms with Crippen LogP contribution < -0.4 is 10.0 Å². The molecule has 2 rings (SSSR count). The number of benzene rings is 2. The fourth-order valence-electron chi connectivity index (χ4n) is 1.81. The lowest BCUT2D eigenvalue weighted by Gasteiger charge is -2.15. The van der Waals surface area contributed by atoms with Crippen molar-refractivity contribution in [1.29, 1.82) is 0 Å². The molecule has 0 atom stereocenters. The molecule has 0 saturated heterocycles. The Hall–Kier alpha value is -1.93. The Balaban J connectivity index is 2.49. The van der Waals surface area contributed by atoms with E-state index >= 15 is 0 Å². The molecule has 0 aliphatic carbocycles. The number of rotatable bonds is 5. The molecule has 23 heavy (non-hydrogen) atoms. The van der Waals surface area contributed by atoms with Crippen LogP contribution in [0, 0.1) is 24.4 Å². The number of anilines is 3. The second-order valence-corrected chi connectivity index (χ2v) is 7.02. The van der Waals surface area contributed by atoms with Crippen LogP contribution in [0.3, 0.4) is 0 Å². The van der Waals surface area contributed by atoms with Crippen molar-refractivity contribution < 1.29 is 21.6 Å². The topological polar surface area (TPSA) is 58.2 Å². The highest BCUT2D eigenvalue weighted by Gasteiger charge is 2.19. The molecule has 9 heteroatoms. The van der Waals surface area contributed by atoms with Crippen LogP contribution >= 0.6 is 11.6 Å². The van der Waals surface area contributed by atoms with Gasteiger partial charge in [0, 0.05) is 0 Å². The summed E-state index contributed by atoms with van der Waals surface area (Å²) in [6.07, 6.45) is 0. The third-order valence-corrected chi connectivity index (χ3v) is 4.57. The van der Waals surface area contributed by atoms with Gasteiger partial charge in [-0.3, -0.25) is 4.72 Å². The van der Waals surface area contributed by atoms with Crippen molar-refractivity contribution in [3.05, 3.63) is 53.3 Å². The van der Waals surface area contributed by atoms with Gasteiger partial charge in [-0.25, -0.2) is 21.6 Å². The Labute approximate surface area is 136 Å². The lowest BCUT2D eigenvalue weighted by molar-refractivity contribution is 0.512.